The fourth-order valence-electron chi connectivity index (χ4n) is 3.46. The van der Waals surface area contributed by atoms with Gasteiger partial charge in [0.1, 0.15) is 5.82 Å². The van der Waals surface area contributed by atoms with Crippen LogP contribution in [0.1, 0.15) is 45.4 Å². The van der Waals surface area contributed by atoms with Gasteiger partial charge >= 0.3 is 0 Å². The van der Waals surface area contributed by atoms with E-state index >= 15 is 0 Å². The maximum atomic E-state index is 13.6. The molecule has 1 unspecified atom stereocenters. The van der Waals surface area contributed by atoms with Crippen molar-refractivity contribution in [3.05, 3.63) is 59.9 Å². The maximum absolute atomic E-state index is 13.6. The molecule has 4 rings (SSSR count). The molecule has 0 N–H and O–H groups in total. The first-order valence-corrected chi connectivity index (χ1v) is 11.7. The fraction of sp³-hybridized carbons (Fsp3) is 0.333. The highest BCUT2D eigenvalue weighted by Gasteiger charge is 2.35. The highest BCUT2D eigenvalue weighted by molar-refractivity contribution is 7.99. The topological polar surface area (TPSA) is 68.2 Å². The number of hydrogen-bond acceptors (Lipinski definition) is 6. The molecule has 0 spiro atoms. The Balaban J connectivity index is 1.87. The zero-order valence-corrected chi connectivity index (χ0v) is 19.1. The van der Waals surface area contributed by atoms with Crippen LogP contribution < -0.4 is 9.64 Å². The van der Waals surface area contributed by atoms with Crippen LogP contribution in [0.4, 0.5) is 10.1 Å². The number of nitrogens with zero attached hydrogens (tertiary/aromatic N) is 4. The number of benzene rings is 2. The van der Waals surface area contributed by atoms with Gasteiger partial charge in [-0.05, 0) is 30.5 Å². The SMILES string of the molecule is CCCC(=O)N1c2ccccc2-c2nnc(SCC(C)C)nc2OC1c1ccc(F)cc1. The summed E-state index contributed by atoms with van der Waals surface area (Å²) in [4.78, 5) is 19.5. The Morgan fingerprint density at radius 2 is 1.91 bits per heavy atom. The highest BCUT2D eigenvalue weighted by Crippen LogP contribution is 2.43. The summed E-state index contributed by atoms with van der Waals surface area (Å²) in [6.45, 7) is 6.20. The summed E-state index contributed by atoms with van der Waals surface area (Å²) in [6.07, 6.45) is 0.228. The number of amides is 1. The summed E-state index contributed by atoms with van der Waals surface area (Å²) in [7, 11) is 0. The molecule has 1 amide bonds. The Bertz CT molecular complexity index is 1110. The lowest BCUT2D eigenvalue weighted by Gasteiger charge is -2.30. The molecule has 0 radical (unpaired) electrons. The summed E-state index contributed by atoms with van der Waals surface area (Å²) in [6, 6.07) is 13.5. The number of ether oxygens (including phenoxy) is 1. The molecule has 2 heterocycles. The van der Waals surface area contributed by atoms with E-state index < -0.39 is 6.23 Å². The van der Waals surface area contributed by atoms with E-state index in [1.165, 1.54) is 23.9 Å². The minimum Gasteiger partial charge on any atom is -0.447 e. The van der Waals surface area contributed by atoms with Crippen molar-refractivity contribution < 1.29 is 13.9 Å². The average Bonchev–Trinajstić information content (AvgIpc) is 2.92. The van der Waals surface area contributed by atoms with Crippen LogP contribution >= 0.6 is 11.8 Å². The number of carbonyl (C=O) groups is 1. The molecule has 0 bridgehead atoms. The molecular weight excluding hydrogens is 427 g/mol. The van der Waals surface area contributed by atoms with Gasteiger partial charge in [0.05, 0.1) is 5.69 Å². The molecule has 0 saturated carbocycles. The first-order chi connectivity index (χ1) is 15.5. The van der Waals surface area contributed by atoms with Crippen molar-refractivity contribution in [1.82, 2.24) is 15.2 Å². The van der Waals surface area contributed by atoms with Gasteiger partial charge in [0.2, 0.25) is 23.2 Å². The third-order valence-corrected chi connectivity index (χ3v) is 6.21. The van der Waals surface area contributed by atoms with Gasteiger partial charge in [-0.15, -0.1) is 10.2 Å². The zero-order valence-electron chi connectivity index (χ0n) is 18.3. The van der Waals surface area contributed by atoms with Crippen molar-refractivity contribution in [2.24, 2.45) is 5.92 Å². The predicted octanol–water partition coefficient (Wildman–Crippen LogP) is 5.65. The standard InChI is InChI=1S/C24H25FN4O2S/c1-4-7-20(30)29-19-9-6-5-8-18(19)21-22(26-24(28-27-21)32-14-15(2)3)31-23(29)16-10-12-17(25)13-11-16/h5-6,8-13,15,23H,4,7,14H2,1-3H3. The van der Waals surface area contributed by atoms with Crippen molar-refractivity contribution in [2.75, 3.05) is 10.7 Å². The maximum Gasteiger partial charge on any atom is 0.247 e. The molecule has 2 aromatic carbocycles. The number of hydrogen-bond donors (Lipinski definition) is 0. The quantitative estimate of drug-likeness (QED) is 0.450. The van der Waals surface area contributed by atoms with Crippen LogP contribution in [-0.2, 0) is 4.79 Å². The van der Waals surface area contributed by atoms with Gasteiger partial charge in [-0.2, -0.15) is 4.98 Å². The third kappa shape index (κ3) is 4.60. The Labute approximate surface area is 191 Å². The molecule has 0 fully saturated rings. The molecule has 166 valence electrons. The second-order valence-electron chi connectivity index (χ2n) is 8.01. The minimum absolute atomic E-state index is 0.0931. The van der Waals surface area contributed by atoms with E-state index in [0.717, 1.165) is 11.3 Å². The highest BCUT2D eigenvalue weighted by atomic mass is 32.2. The number of halogens is 1. The smallest absolute Gasteiger partial charge is 0.247 e. The molecule has 1 aliphatic heterocycles. The van der Waals surface area contributed by atoms with Gasteiger partial charge in [-0.25, -0.2) is 4.39 Å². The number of rotatable bonds is 6. The summed E-state index contributed by atoms with van der Waals surface area (Å²) in [5.74, 6) is 1.17. The van der Waals surface area contributed by atoms with Crippen molar-refractivity contribution >= 4 is 23.4 Å². The summed E-state index contributed by atoms with van der Waals surface area (Å²) >= 11 is 1.51. The third-order valence-electron chi connectivity index (χ3n) is 4.95. The lowest BCUT2D eigenvalue weighted by atomic mass is 10.1. The molecule has 0 saturated heterocycles. The lowest BCUT2D eigenvalue weighted by molar-refractivity contribution is -0.120. The second-order valence-corrected chi connectivity index (χ2v) is 8.99. The minimum atomic E-state index is -0.809. The second kappa shape index (κ2) is 9.65. The first-order valence-electron chi connectivity index (χ1n) is 10.7. The molecule has 8 heteroatoms. The van der Waals surface area contributed by atoms with Gasteiger partial charge < -0.3 is 4.74 Å². The van der Waals surface area contributed by atoms with E-state index in [1.54, 1.807) is 17.0 Å². The Hall–Kier alpha value is -3.00. The monoisotopic (exact) mass is 452 g/mol. The van der Waals surface area contributed by atoms with Gasteiger partial charge in [-0.1, -0.05) is 62.9 Å². The molecule has 1 aromatic heterocycles. The van der Waals surface area contributed by atoms with E-state index in [-0.39, 0.29) is 11.7 Å². The van der Waals surface area contributed by atoms with E-state index in [9.17, 15) is 9.18 Å². The van der Waals surface area contributed by atoms with Gasteiger partial charge in [0.25, 0.3) is 0 Å². The van der Waals surface area contributed by atoms with Crippen LogP contribution in [0, 0.1) is 11.7 Å². The molecule has 0 aliphatic carbocycles. The van der Waals surface area contributed by atoms with Crippen molar-refractivity contribution in [2.45, 2.75) is 45.0 Å². The lowest BCUT2D eigenvalue weighted by Crippen LogP contribution is -2.37. The van der Waals surface area contributed by atoms with Crippen molar-refractivity contribution in [1.29, 1.82) is 0 Å². The van der Waals surface area contributed by atoms with Crippen molar-refractivity contribution in [3.63, 3.8) is 0 Å². The van der Waals surface area contributed by atoms with Crippen LogP contribution in [-0.4, -0.2) is 26.8 Å². The normalized spacial score (nSPS) is 15.0. The van der Waals surface area contributed by atoms with E-state index in [0.29, 0.717) is 46.7 Å². The Morgan fingerprint density at radius 1 is 1.16 bits per heavy atom. The number of anilines is 1. The van der Waals surface area contributed by atoms with Gasteiger partial charge in [0, 0.05) is 23.3 Å². The number of fused-ring (bicyclic) bond motifs is 3. The van der Waals surface area contributed by atoms with Crippen LogP contribution in [0.3, 0.4) is 0 Å². The fourth-order valence-corrected chi connectivity index (χ4v) is 4.19. The average molecular weight is 453 g/mol. The largest absolute Gasteiger partial charge is 0.447 e. The Morgan fingerprint density at radius 3 is 2.62 bits per heavy atom. The van der Waals surface area contributed by atoms with Crippen LogP contribution in [0.2, 0.25) is 0 Å². The Kier molecular flexibility index (Phi) is 6.69. The molecule has 32 heavy (non-hydrogen) atoms. The molecule has 1 atom stereocenters. The summed E-state index contributed by atoms with van der Waals surface area (Å²) in [5, 5.41) is 9.23. The number of thioether (sulfide) groups is 1. The number of aromatic nitrogens is 3. The van der Waals surface area contributed by atoms with E-state index in [1.807, 2.05) is 31.2 Å². The van der Waals surface area contributed by atoms with Crippen LogP contribution in [0.25, 0.3) is 11.3 Å². The summed E-state index contributed by atoms with van der Waals surface area (Å²) in [5.41, 5.74) is 2.51. The predicted molar refractivity (Wildman–Crippen MR) is 123 cm³/mol. The van der Waals surface area contributed by atoms with Crippen molar-refractivity contribution in [3.8, 4) is 17.1 Å². The zero-order chi connectivity index (χ0) is 22.7. The first kappa shape index (κ1) is 22.2. The van der Waals surface area contributed by atoms with Crippen LogP contribution in [0.5, 0.6) is 5.88 Å². The molecular formula is C24H25FN4O2S. The van der Waals surface area contributed by atoms with Crippen LogP contribution in [0.15, 0.2) is 53.7 Å². The van der Waals surface area contributed by atoms with E-state index in [4.69, 9.17) is 4.74 Å². The number of carbonyl (C=O) groups excluding carboxylic acids is 1. The number of para-hydroxylation sites is 1. The molecule has 6 nitrogen and oxygen atoms in total. The van der Waals surface area contributed by atoms with Gasteiger partial charge in [-0.3, -0.25) is 9.69 Å². The van der Waals surface area contributed by atoms with E-state index in [2.05, 4.69) is 29.0 Å². The summed E-state index contributed by atoms with van der Waals surface area (Å²) < 4.78 is 20.0. The molecule has 1 aliphatic rings. The van der Waals surface area contributed by atoms with Gasteiger partial charge in [0.15, 0.2) is 5.69 Å². The molecule has 3 aromatic rings.